The third-order valence-corrected chi connectivity index (χ3v) is 5.35. The number of ether oxygens (including phenoxy) is 2. The highest BCUT2D eigenvalue weighted by atomic mass is 32.1. The van der Waals surface area contributed by atoms with E-state index in [1.807, 2.05) is 48.5 Å². The van der Waals surface area contributed by atoms with Crippen LogP contribution < -0.4 is 9.47 Å². The Hall–Kier alpha value is -3.85. The molecule has 34 heavy (non-hydrogen) atoms. The molecular weight excluding hydrogens is 458 g/mol. The summed E-state index contributed by atoms with van der Waals surface area (Å²) in [5.74, 6) is 0.873. The van der Waals surface area contributed by atoms with E-state index in [0.29, 0.717) is 11.3 Å². The summed E-state index contributed by atoms with van der Waals surface area (Å²) < 4.78 is 38.7. The predicted molar refractivity (Wildman–Crippen MR) is 128 cm³/mol. The van der Waals surface area contributed by atoms with Crippen LogP contribution in [0.25, 0.3) is 0 Å². The van der Waals surface area contributed by atoms with E-state index in [1.54, 1.807) is 19.2 Å². The second kappa shape index (κ2) is 10.8. The van der Waals surface area contributed by atoms with Crippen molar-refractivity contribution in [1.29, 1.82) is 0 Å². The topological polar surface area (TPSA) is 64.4 Å². The molecule has 4 rings (SSSR count). The number of aromatic nitrogens is 3. The van der Waals surface area contributed by atoms with E-state index in [9.17, 15) is 8.78 Å². The number of para-hydroxylation sites is 1. The van der Waals surface area contributed by atoms with E-state index >= 15 is 0 Å². The van der Waals surface area contributed by atoms with Crippen LogP contribution in [0.3, 0.4) is 0 Å². The molecule has 0 amide bonds. The van der Waals surface area contributed by atoms with Crippen molar-refractivity contribution >= 4 is 18.4 Å². The van der Waals surface area contributed by atoms with Crippen LogP contribution in [0.5, 0.6) is 11.5 Å². The van der Waals surface area contributed by atoms with Gasteiger partial charge in [0.15, 0.2) is 0 Å². The summed E-state index contributed by atoms with van der Waals surface area (Å²) in [6.45, 7) is 0.254. The molecule has 0 spiro atoms. The van der Waals surface area contributed by atoms with Gasteiger partial charge in [0.25, 0.3) is 6.43 Å². The monoisotopic (exact) mass is 480 g/mol. The van der Waals surface area contributed by atoms with Crippen molar-refractivity contribution in [1.82, 2.24) is 14.9 Å². The number of benzene rings is 3. The van der Waals surface area contributed by atoms with E-state index in [1.165, 1.54) is 11.8 Å². The summed E-state index contributed by atoms with van der Waals surface area (Å²) in [5, 5.41) is 9.91. The number of methoxy groups -OCH3 is 1. The van der Waals surface area contributed by atoms with E-state index in [-0.39, 0.29) is 11.4 Å². The highest BCUT2D eigenvalue weighted by Gasteiger charge is 2.16. The zero-order chi connectivity index (χ0) is 23.9. The minimum absolute atomic E-state index is 0.0151. The van der Waals surface area contributed by atoms with E-state index in [0.717, 1.165) is 28.0 Å². The van der Waals surface area contributed by atoms with Crippen LogP contribution in [-0.2, 0) is 13.0 Å². The molecular formula is C25H22F2N4O2S. The molecule has 6 nitrogen and oxygen atoms in total. The molecule has 1 aromatic heterocycles. The SMILES string of the molecule is COc1ccc(C=Nn2c(C(F)F)n[nH]c2=S)cc1COc1ccccc1Cc1ccccc1. The van der Waals surface area contributed by atoms with Crippen molar-refractivity contribution in [3.63, 3.8) is 0 Å². The first-order valence-electron chi connectivity index (χ1n) is 10.5. The average Bonchev–Trinajstić information content (AvgIpc) is 3.23. The van der Waals surface area contributed by atoms with Crippen LogP contribution >= 0.6 is 12.2 Å². The lowest BCUT2D eigenvalue weighted by Gasteiger charge is -2.14. The van der Waals surface area contributed by atoms with E-state index in [2.05, 4.69) is 27.4 Å². The van der Waals surface area contributed by atoms with Gasteiger partial charge in [-0.05, 0) is 53.2 Å². The maximum Gasteiger partial charge on any atom is 0.299 e. The third-order valence-electron chi connectivity index (χ3n) is 5.09. The van der Waals surface area contributed by atoms with Crippen molar-refractivity contribution < 1.29 is 18.3 Å². The lowest BCUT2D eigenvalue weighted by molar-refractivity contribution is 0.136. The second-order valence-corrected chi connectivity index (χ2v) is 7.76. The molecule has 0 saturated carbocycles. The van der Waals surface area contributed by atoms with E-state index < -0.39 is 12.2 Å². The van der Waals surface area contributed by atoms with Crippen molar-refractivity contribution in [3.05, 3.63) is 106 Å². The van der Waals surface area contributed by atoms with Gasteiger partial charge in [-0.2, -0.15) is 14.9 Å². The Morgan fingerprint density at radius 2 is 1.79 bits per heavy atom. The van der Waals surface area contributed by atoms with Crippen LogP contribution in [0, 0.1) is 4.77 Å². The molecule has 0 fully saturated rings. The summed E-state index contributed by atoms with van der Waals surface area (Å²) in [6, 6.07) is 23.4. The van der Waals surface area contributed by atoms with Gasteiger partial charge in [-0.3, -0.25) is 0 Å². The van der Waals surface area contributed by atoms with Gasteiger partial charge >= 0.3 is 0 Å². The maximum absolute atomic E-state index is 13.1. The maximum atomic E-state index is 13.1. The molecule has 9 heteroatoms. The van der Waals surface area contributed by atoms with Gasteiger partial charge in [0, 0.05) is 12.0 Å². The minimum atomic E-state index is -2.80. The Bertz CT molecular complexity index is 1340. The van der Waals surface area contributed by atoms with Gasteiger partial charge in [-0.15, -0.1) is 0 Å². The summed E-state index contributed by atoms with van der Waals surface area (Å²) in [6.07, 6.45) is -0.622. The molecule has 174 valence electrons. The molecule has 1 heterocycles. The molecule has 0 aliphatic rings. The van der Waals surface area contributed by atoms with E-state index in [4.69, 9.17) is 21.7 Å². The van der Waals surface area contributed by atoms with Gasteiger partial charge in [0.1, 0.15) is 18.1 Å². The van der Waals surface area contributed by atoms with Crippen molar-refractivity contribution in [2.24, 2.45) is 5.10 Å². The van der Waals surface area contributed by atoms with Gasteiger partial charge in [-0.25, -0.2) is 13.9 Å². The van der Waals surface area contributed by atoms with Gasteiger partial charge in [0.2, 0.25) is 10.6 Å². The number of hydrogen-bond donors (Lipinski definition) is 1. The molecule has 1 N–H and O–H groups in total. The number of aromatic amines is 1. The molecule has 0 aliphatic carbocycles. The summed E-state index contributed by atoms with van der Waals surface area (Å²) in [7, 11) is 1.58. The Balaban J connectivity index is 1.54. The van der Waals surface area contributed by atoms with Crippen LogP contribution in [0.15, 0.2) is 77.9 Å². The van der Waals surface area contributed by atoms with Gasteiger partial charge < -0.3 is 9.47 Å². The standard InChI is InChI=1S/C25H22F2N4O2S/c1-32-21-12-11-18(15-28-31-24(23(26)27)29-30-25(31)34)14-20(21)16-33-22-10-6-5-9-19(22)13-17-7-3-2-4-8-17/h2-12,14-15,23H,13,16H2,1H3,(H,30,34). The smallest absolute Gasteiger partial charge is 0.299 e. The summed E-state index contributed by atoms with van der Waals surface area (Å²) >= 11 is 4.99. The van der Waals surface area contributed by atoms with Crippen molar-refractivity contribution in [2.75, 3.05) is 7.11 Å². The Kier molecular flexibility index (Phi) is 7.44. The lowest BCUT2D eigenvalue weighted by atomic mass is 10.0. The second-order valence-electron chi connectivity index (χ2n) is 7.37. The number of hydrogen-bond acceptors (Lipinski definition) is 5. The molecule has 0 radical (unpaired) electrons. The van der Waals surface area contributed by atoms with Crippen LogP contribution in [0.4, 0.5) is 8.78 Å². The van der Waals surface area contributed by atoms with Crippen LogP contribution in [0.2, 0.25) is 0 Å². The van der Waals surface area contributed by atoms with Crippen molar-refractivity contribution in [3.8, 4) is 11.5 Å². The quantitative estimate of drug-likeness (QED) is 0.238. The normalized spacial score (nSPS) is 11.3. The van der Waals surface area contributed by atoms with Crippen molar-refractivity contribution in [2.45, 2.75) is 19.5 Å². The highest BCUT2D eigenvalue weighted by Crippen LogP contribution is 2.26. The van der Waals surface area contributed by atoms with Gasteiger partial charge in [-0.1, -0.05) is 48.5 Å². The number of nitrogens with one attached hydrogen (secondary N) is 1. The number of rotatable bonds is 9. The van der Waals surface area contributed by atoms with Crippen LogP contribution in [0.1, 0.15) is 34.5 Å². The lowest BCUT2D eigenvalue weighted by Crippen LogP contribution is -2.03. The largest absolute Gasteiger partial charge is 0.496 e. The fourth-order valence-electron chi connectivity index (χ4n) is 3.43. The molecule has 0 saturated heterocycles. The average molecular weight is 481 g/mol. The molecule has 4 aromatic rings. The fourth-order valence-corrected chi connectivity index (χ4v) is 3.62. The zero-order valence-corrected chi connectivity index (χ0v) is 19.1. The molecule has 0 aliphatic heterocycles. The first-order valence-corrected chi connectivity index (χ1v) is 10.9. The molecule has 0 bridgehead atoms. The fraction of sp³-hybridized carbons (Fsp3) is 0.160. The number of halogens is 2. The molecule has 3 aromatic carbocycles. The number of alkyl halides is 2. The zero-order valence-electron chi connectivity index (χ0n) is 18.3. The summed E-state index contributed by atoms with van der Waals surface area (Å²) in [5.41, 5.74) is 3.71. The molecule has 0 atom stereocenters. The van der Waals surface area contributed by atoms with Gasteiger partial charge in [0.05, 0.1) is 13.3 Å². The third kappa shape index (κ3) is 5.55. The highest BCUT2D eigenvalue weighted by molar-refractivity contribution is 7.71. The molecule has 0 unspecified atom stereocenters. The minimum Gasteiger partial charge on any atom is -0.496 e. The summed E-state index contributed by atoms with van der Waals surface area (Å²) in [4.78, 5) is 0. The first kappa shape index (κ1) is 23.3. The number of H-pyrrole nitrogens is 1. The first-order chi connectivity index (χ1) is 16.5. The predicted octanol–water partition coefficient (Wildman–Crippen LogP) is 5.94. The Labute approximate surface area is 200 Å². The Morgan fingerprint density at radius 1 is 1.03 bits per heavy atom. The Morgan fingerprint density at radius 3 is 2.56 bits per heavy atom. The number of nitrogens with zero attached hydrogens (tertiary/aromatic N) is 3. The van der Waals surface area contributed by atoms with Crippen LogP contribution in [-0.4, -0.2) is 28.2 Å².